The fraction of sp³-hybridized carbons (Fsp3) is 1.00. The van der Waals surface area contributed by atoms with E-state index in [1.807, 2.05) is 0 Å². The van der Waals surface area contributed by atoms with Crippen LogP contribution in [0, 0.1) is 0 Å². The third kappa shape index (κ3) is 10.3. The molecule has 0 aromatic carbocycles. The van der Waals surface area contributed by atoms with Gasteiger partial charge in [0.15, 0.2) is 0 Å². The fourth-order valence-electron chi connectivity index (χ4n) is 5.51. The van der Waals surface area contributed by atoms with Gasteiger partial charge in [-0.25, -0.2) is 0 Å². The van der Waals surface area contributed by atoms with Crippen molar-refractivity contribution >= 4 is 38.4 Å². The van der Waals surface area contributed by atoms with Crippen LogP contribution in [-0.2, 0) is 7.56 Å². The SMILES string of the molecule is CCC[CH2][Sn]([CH2]CCC)([CH2]CCC)[O][Sn]([CH2]CCC)([O]C1CCCC1)[O]C1CCCC1. The standard InChI is InChI=1S/2C5H9O.4C4H9.O.2Sn/c2*6-5-3-1-2-4-5;4*1-3-4-2;;;/h2*5H,1-4H2;4*1,3-4H2,2H3;;;/q2*-1;;;;;;;+2. The molecule has 0 aromatic heterocycles. The monoisotopic (exact) mass is 654 g/mol. The molecular weight excluding hydrogens is 598 g/mol. The average molecular weight is 652 g/mol. The topological polar surface area (TPSA) is 27.7 Å². The zero-order chi connectivity index (χ0) is 22.4. The number of rotatable bonds is 18. The molecule has 0 N–H and O–H groups in total. The predicted molar refractivity (Wildman–Crippen MR) is 138 cm³/mol. The molecule has 5 heteroatoms. The van der Waals surface area contributed by atoms with E-state index in [2.05, 4.69) is 27.7 Å². The Morgan fingerprint density at radius 3 is 1.26 bits per heavy atom. The molecule has 3 nitrogen and oxygen atoms in total. The summed E-state index contributed by atoms with van der Waals surface area (Å²) < 4.78 is 27.4. The van der Waals surface area contributed by atoms with E-state index < -0.39 is 38.4 Å². The van der Waals surface area contributed by atoms with Crippen LogP contribution in [-0.4, -0.2) is 50.6 Å². The molecule has 0 aliphatic heterocycles. The summed E-state index contributed by atoms with van der Waals surface area (Å²) in [4.78, 5) is 0. The molecule has 184 valence electrons. The van der Waals surface area contributed by atoms with Crippen LogP contribution >= 0.6 is 0 Å². The van der Waals surface area contributed by atoms with Crippen molar-refractivity contribution in [2.24, 2.45) is 0 Å². The minimum atomic E-state index is -3.61. The van der Waals surface area contributed by atoms with E-state index in [1.165, 1.54) is 116 Å². The van der Waals surface area contributed by atoms with Crippen molar-refractivity contribution in [1.29, 1.82) is 0 Å². The van der Waals surface area contributed by atoms with E-state index in [0.29, 0.717) is 12.2 Å². The molecule has 31 heavy (non-hydrogen) atoms. The van der Waals surface area contributed by atoms with E-state index in [0.717, 1.165) is 4.44 Å². The van der Waals surface area contributed by atoms with Gasteiger partial charge >= 0.3 is 206 Å². The zero-order valence-electron chi connectivity index (χ0n) is 21.5. The third-order valence-corrected chi connectivity index (χ3v) is 41.4. The van der Waals surface area contributed by atoms with Gasteiger partial charge in [0.2, 0.25) is 0 Å². The number of unbranched alkanes of at least 4 members (excludes halogenated alkanes) is 4. The van der Waals surface area contributed by atoms with Crippen LogP contribution in [0.15, 0.2) is 0 Å². The maximum atomic E-state index is 7.73. The first-order chi connectivity index (χ1) is 15.1. The van der Waals surface area contributed by atoms with Gasteiger partial charge in [-0.05, 0) is 0 Å². The third-order valence-electron chi connectivity index (χ3n) is 7.46. The van der Waals surface area contributed by atoms with Gasteiger partial charge in [0.05, 0.1) is 0 Å². The summed E-state index contributed by atoms with van der Waals surface area (Å²) in [6.07, 6.45) is 21.6. The van der Waals surface area contributed by atoms with Crippen LogP contribution in [0.4, 0.5) is 0 Å². The van der Waals surface area contributed by atoms with Crippen molar-refractivity contribution in [1.82, 2.24) is 0 Å². The Morgan fingerprint density at radius 2 is 0.903 bits per heavy atom. The number of hydrogen-bond acceptors (Lipinski definition) is 3. The quantitative estimate of drug-likeness (QED) is 0.139. The Bertz CT molecular complexity index is 408. The molecule has 2 aliphatic rings. The molecule has 2 saturated carbocycles. The second kappa shape index (κ2) is 16.2. The van der Waals surface area contributed by atoms with Crippen molar-refractivity contribution in [2.75, 3.05) is 0 Å². The van der Waals surface area contributed by atoms with Gasteiger partial charge in [0.1, 0.15) is 0 Å². The number of hydrogen-bond donors (Lipinski definition) is 0. The van der Waals surface area contributed by atoms with Crippen LogP contribution in [0.25, 0.3) is 0 Å². The van der Waals surface area contributed by atoms with Gasteiger partial charge in [-0.2, -0.15) is 0 Å². The molecule has 2 rings (SSSR count). The maximum absolute atomic E-state index is 7.73. The molecule has 0 atom stereocenters. The van der Waals surface area contributed by atoms with E-state index in [4.69, 9.17) is 7.56 Å². The Kier molecular flexibility index (Phi) is 15.0. The Labute approximate surface area is 205 Å². The Hall–Kier alpha value is 1.48. The summed E-state index contributed by atoms with van der Waals surface area (Å²) in [7, 11) is 0. The Morgan fingerprint density at radius 1 is 0.548 bits per heavy atom. The first-order valence-corrected chi connectivity index (χ1v) is 26.9. The zero-order valence-corrected chi connectivity index (χ0v) is 27.2. The first kappa shape index (κ1) is 28.7. The van der Waals surface area contributed by atoms with Crippen LogP contribution in [0.2, 0.25) is 17.7 Å². The molecule has 0 aromatic rings. The molecular formula is C26H54O3Sn2. The van der Waals surface area contributed by atoms with Crippen molar-refractivity contribution < 1.29 is 7.56 Å². The van der Waals surface area contributed by atoms with Crippen molar-refractivity contribution in [3.8, 4) is 0 Å². The van der Waals surface area contributed by atoms with Crippen LogP contribution in [0.1, 0.15) is 130 Å². The Balaban J connectivity index is 2.32. The molecule has 0 unspecified atom stereocenters. The van der Waals surface area contributed by atoms with Crippen molar-refractivity contribution in [2.45, 2.75) is 160 Å². The van der Waals surface area contributed by atoms with Crippen molar-refractivity contribution in [3.05, 3.63) is 0 Å². The van der Waals surface area contributed by atoms with Crippen LogP contribution < -0.4 is 0 Å². The average Bonchev–Trinajstić information content (AvgIpc) is 3.47. The molecule has 0 amide bonds. The summed E-state index contributed by atoms with van der Waals surface area (Å²) >= 11 is -6.39. The van der Waals surface area contributed by atoms with Gasteiger partial charge in [-0.15, -0.1) is 0 Å². The van der Waals surface area contributed by atoms with Gasteiger partial charge in [-0.1, -0.05) is 0 Å². The molecule has 2 aliphatic carbocycles. The van der Waals surface area contributed by atoms with Crippen LogP contribution in [0.5, 0.6) is 0 Å². The van der Waals surface area contributed by atoms with E-state index in [-0.39, 0.29) is 0 Å². The molecule has 0 heterocycles. The summed E-state index contributed by atoms with van der Waals surface area (Å²) in [5.41, 5.74) is 0. The molecule has 0 bridgehead atoms. The molecule has 0 spiro atoms. The summed E-state index contributed by atoms with van der Waals surface area (Å²) in [6, 6.07) is 0. The van der Waals surface area contributed by atoms with E-state index >= 15 is 0 Å². The van der Waals surface area contributed by atoms with Gasteiger partial charge < -0.3 is 0 Å². The second-order valence-electron chi connectivity index (χ2n) is 10.4. The van der Waals surface area contributed by atoms with Gasteiger partial charge in [0.25, 0.3) is 0 Å². The van der Waals surface area contributed by atoms with Gasteiger partial charge in [0, 0.05) is 0 Å². The normalized spacial score (nSPS) is 19.0. The molecule has 2 fully saturated rings. The van der Waals surface area contributed by atoms with E-state index in [1.54, 1.807) is 0 Å². The minimum absolute atomic E-state index is 0.432. The molecule has 0 radical (unpaired) electrons. The second-order valence-corrected chi connectivity index (χ2v) is 32.6. The van der Waals surface area contributed by atoms with Crippen molar-refractivity contribution in [3.63, 3.8) is 0 Å². The van der Waals surface area contributed by atoms with Crippen LogP contribution in [0.3, 0.4) is 0 Å². The summed E-state index contributed by atoms with van der Waals surface area (Å²) in [5.74, 6) is 0. The summed E-state index contributed by atoms with van der Waals surface area (Å²) in [6.45, 7) is 9.39. The predicted octanol–water partition coefficient (Wildman–Crippen LogP) is 9.01. The fourth-order valence-corrected chi connectivity index (χ4v) is 49.1. The summed E-state index contributed by atoms with van der Waals surface area (Å²) in [5, 5.41) is 0. The first-order valence-electron chi connectivity index (χ1n) is 14.2. The molecule has 0 saturated heterocycles. The van der Waals surface area contributed by atoms with Gasteiger partial charge in [-0.3, -0.25) is 0 Å². The van der Waals surface area contributed by atoms with E-state index in [9.17, 15) is 0 Å².